The van der Waals surface area contributed by atoms with Gasteiger partial charge in [0.25, 0.3) is 5.91 Å². The van der Waals surface area contributed by atoms with Gasteiger partial charge in [-0.15, -0.1) is 0 Å². The lowest BCUT2D eigenvalue weighted by molar-refractivity contribution is -0.113. The van der Waals surface area contributed by atoms with Crippen LogP contribution in [0, 0.1) is 0 Å². The van der Waals surface area contributed by atoms with Crippen LogP contribution in [0.4, 0.5) is 5.69 Å². The summed E-state index contributed by atoms with van der Waals surface area (Å²) in [7, 11) is 3.20. The smallest absolute Gasteiger partial charge is 0.270 e. The molecule has 0 aromatic heterocycles. The molecule has 0 atom stereocenters. The summed E-state index contributed by atoms with van der Waals surface area (Å²) in [5.74, 6) is 3.03. The van der Waals surface area contributed by atoms with Crippen LogP contribution in [0.1, 0.15) is 12.5 Å². The summed E-state index contributed by atoms with van der Waals surface area (Å²) in [6, 6.07) is 20.2. The first-order valence-electron chi connectivity index (χ1n) is 11.6. The van der Waals surface area contributed by atoms with Gasteiger partial charge in [0.15, 0.2) is 27.3 Å². The molecule has 1 aliphatic heterocycles. The molecule has 0 spiro atoms. The van der Waals surface area contributed by atoms with E-state index >= 15 is 0 Å². The van der Waals surface area contributed by atoms with Crippen molar-refractivity contribution in [2.24, 2.45) is 0 Å². The van der Waals surface area contributed by atoms with E-state index < -0.39 is 0 Å². The summed E-state index contributed by atoms with van der Waals surface area (Å²) in [4.78, 5) is 15.2. The van der Waals surface area contributed by atoms with Crippen LogP contribution in [0.2, 0.25) is 0 Å². The Morgan fingerprint density at radius 2 is 1.51 bits per heavy atom. The summed E-state index contributed by atoms with van der Waals surface area (Å²) in [5, 5.41) is 0. The highest BCUT2D eigenvalue weighted by atomic mass is 32.2. The van der Waals surface area contributed by atoms with Gasteiger partial charge in [-0.25, -0.2) is 0 Å². The van der Waals surface area contributed by atoms with Crippen molar-refractivity contribution in [3.63, 3.8) is 0 Å². The number of ether oxygens (including phenoxy) is 5. The largest absolute Gasteiger partial charge is 0.497 e. The van der Waals surface area contributed by atoms with Gasteiger partial charge in [0, 0.05) is 0 Å². The summed E-state index contributed by atoms with van der Waals surface area (Å²) < 4.78 is 28.5. The predicted molar refractivity (Wildman–Crippen MR) is 150 cm³/mol. The average Bonchev–Trinajstić information content (AvgIpc) is 3.20. The number of rotatable bonds is 11. The molecule has 1 fully saturated rings. The molecule has 0 saturated carbocycles. The summed E-state index contributed by atoms with van der Waals surface area (Å²) in [5.41, 5.74) is 1.50. The molecule has 0 radical (unpaired) electrons. The van der Waals surface area contributed by atoms with Crippen LogP contribution in [0.25, 0.3) is 6.08 Å². The molecule has 1 saturated heterocycles. The molecular formula is C28H27NO6S2. The van der Waals surface area contributed by atoms with Crippen molar-refractivity contribution in [2.45, 2.75) is 6.92 Å². The van der Waals surface area contributed by atoms with Crippen LogP contribution in [0.15, 0.2) is 71.6 Å². The first kappa shape index (κ1) is 26.4. The Morgan fingerprint density at radius 1 is 0.838 bits per heavy atom. The fraction of sp³-hybridized carbons (Fsp3) is 0.214. The Labute approximate surface area is 225 Å². The Hall–Kier alpha value is -3.69. The zero-order valence-corrected chi connectivity index (χ0v) is 22.4. The van der Waals surface area contributed by atoms with Crippen molar-refractivity contribution >= 4 is 46.0 Å². The van der Waals surface area contributed by atoms with E-state index in [9.17, 15) is 4.79 Å². The maximum absolute atomic E-state index is 13.1. The maximum atomic E-state index is 13.1. The normalized spacial score (nSPS) is 14.1. The Balaban J connectivity index is 1.44. The van der Waals surface area contributed by atoms with Crippen LogP contribution < -0.4 is 28.6 Å². The van der Waals surface area contributed by atoms with Crippen molar-refractivity contribution in [2.75, 3.05) is 38.9 Å². The second kappa shape index (κ2) is 12.5. The van der Waals surface area contributed by atoms with Crippen molar-refractivity contribution in [1.82, 2.24) is 0 Å². The molecule has 7 nitrogen and oxygen atoms in total. The number of carbonyl (C=O) groups is 1. The minimum atomic E-state index is -0.174. The molecule has 1 amide bonds. The van der Waals surface area contributed by atoms with Gasteiger partial charge in [-0.3, -0.25) is 9.69 Å². The molecule has 37 heavy (non-hydrogen) atoms. The Kier molecular flexibility index (Phi) is 8.92. The van der Waals surface area contributed by atoms with Gasteiger partial charge in [-0.1, -0.05) is 42.2 Å². The van der Waals surface area contributed by atoms with Crippen molar-refractivity contribution < 1.29 is 28.5 Å². The van der Waals surface area contributed by atoms with E-state index in [1.54, 1.807) is 32.4 Å². The Bertz CT molecular complexity index is 1290. The third kappa shape index (κ3) is 6.36. The molecule has 192 valence electrons. The predicted octanol–water partition coefficient (Wildman–Crippen LogP) is 5.97. The van der Waals surface area contributed by atoms with Crippen LogP contribution >= 0.6 is 24.0 Å². The van der Waals surface area contributed by atoms with Gasteiger partial charge in [0.2, 0.25) is 0 Å². The number of thioether (sulfide) groups is 1. The molecule has 3 aromatic rings. The van der Waals surface area contributed by atoms with E-state index in [-0.39, 0.29) is 5.91 Å². The number of para-hydroxylation sites is 2. The second-order valence-electron chi connectivity index (χ2n) is 7.70. The molecule has 0 bridgehead atoms. The third-order valence-electron chi connectivity index (χ3n) is 5.36. The van der Waals surface area contributed by atoms with Gasteiger partial charge in [0.1, 0.15) is 19.0 Å². The average molecular weight is 538 g/mol. The summed E-state index contributed by atoms with van der Waals surface area (Å²) in [6.45, 7) is 3.03. The number of amides is 1. The van der Waals surface area contributed by atoms with E-state index in [0.717, 1.165) is 5.56 Å². The van der Waals surface area contributed by atoms with Gasteiger partial charge >= 0.3 is 0 Å². The fourth-order valence-electron chi connectivity index (χ4n) is 3.62. The lowest BCUT2D eigenvalue weighted by Gasteiger charge is -2.15. The molecule has 1 heterocycles. The number of methoxy groups -OCH3 is 2. The van der Waals surface area contributed by atoms with Crippen LogP contribution in [0.5, 0.6) is 28.7 Å². The number of carbonyl (C=O) groups excluding carboxylic acids is 1. The molecule has 9 heteroatoms. The summed E-state index contributed by atoms with van der Waals surface area (Å²) in [6.07, 6.45) is 1.81. The van der Waals surface area contributed by atoms with E-state index in [0.29, 0.717) is 63.5 Å². The third-order valence-corrected chi connectivity index (χ3v) is 6.66. The number of nitrogens with zero attached hydrogens (tertiary/aromatic N) is 1. The van der Waals surface area contributed by atoms with Gasteiger partial charge in [-0.05, 0) is 67.1 Å². The van der Waals surface area contributed by atoms with Crippen molar-refractivity contribution in [3.8, 4) is 28.7 Å². The van der Waals surface area contributed by atoms with Gasteiger partial charge in [0.05, 0.1) is 31.4 Å². The number of hydrogen-bond acceptors (Lipinski definition) is 8. The highest BCUT2D eigenvalue weighted by Gasteiger charge is 2.33. The van der Waals surface area contributed by atoms with Crippen LogP contribution in [-0.4, -0.2) is 44.3 Å². The minimum Gasteiger partial charge on any atom is -0.497 e. The van der Waals surface area contributed by atoms with Gasteiger partial charge in [-0.2, -0.15) is 0 Å². The van der Waals surface area contributed by atoms with E-state index in [4.69, 9.17) is 35.9 Å². The first-order chi connectivity index (χ1) is 18.0. The Morgan fingerprint density at radius 3 is 2.16 bits per heavy atom. The van der Waals surface area contributed by atoms with Crippen LogP contribution in [0.3, 0.4) is 0 Å². The molecule has 4 rings (SSSR count). The second-order valence-corrected chi connectivity index (χ2v) is 9.38. The zero-order valence-electron chi connectivity index (χ0n) is 20.8. The molecule has 0 N–H and O–H groups in total. The minimum absolute atomic E-state index is 0.174. The van der Waals surface area contributed by atoms with Gasteiger partial charge < -0.3 is 23.7 Å². The van der Waals surface area contributed by atoms with Crippen molar-refractivity contribution in [3.05, 3.63) is 77.2 Å². The number of hydrogen-bond donors (Lipinski definition) is 0. The number of anilines is 1. The maximum Gasteiger partial charge on any atom is 0.270 e. The number of thiocarbonyl (C=S) groups is 1. The molecule has 3 aromatic carbocycles. The lowest BCUT2D eigenvalue weighted by Crippen LogP contribution is -2.27. The highest BCUT2D eigenvalue weighted by Crippen LogP contribution is 2.37. The topological polar surface area (TPSA) is 66.5 Å². The van der Waals surface area contributed by atoms with E-state index in [1.807, 2.05) is 61.5 Å². The first-order valence-corrected chi connectivity index (χ1v) is 12.8. The van der Waals surface area contributed by atoms with E-state index in [1.165, 1.54) is 16.7 Å². The molecular weight excluding hydrogens is 510 g/mol. The van der Waals surface area contributed by atoms with E-state index in [2.05, 4.69) is 0 Å². The molecule has 0 aliphatic carbocycles. The fourth-order valence-corrected chi connectivity index (χ4v) is 4.92. The van der Waals surface area contributed by atoms with Crippen LogP contribution in [-0.2, 0) is 4.79 Å². The molecule has 1 aliphatic rings. The quantitative estimate of drug-likeness (QED) is 0.169. The zero-order chi connectivity index (χ0) is 26.2. The monoisotopic (exact) mass is 537 g/mol. The standard InChI is InChI=1S/C28H27NO6S2/c1-4-33-25-17-19(9-14-24(25)35-16-15-34-23-8-6-5-7-22(23)32-3)18-26-27(30)29(28(36)37-26)20-10-12-21(31-2)13-11-20/h5-14,17-18H,4,15-16H2,1-3H3/b26-18-. The van der Waals surface area contributed by atoms with Crippen molar-refractivity contribution in [1.29, 1.82) is 0 Å². The molecule has 0 unspecified atom stereocenters. The number of benzene rings is 3. The SMILES string of the molecule is CCOc1cc(/C=C2\SC(=S)N(c3ccc(OC)cc3)C2=O)ccc1OCCOc1ccccc1OC. The lowest BCUT2D eigenvalue weighted by atomic mass is 10.1. The highest BCUT2D eigenvalue weighted by molar-refractivity contribution is 8.27. The summed E-state index contributed by atoms with van der Waals surface area (Å²) >= 11 is 6.75.